The van der Waals surface area contributed by atoms with E-state index >= 15 is 0 Å². The maximum atomic E-state index is 10.5. The molecule has 4 heteroatoms. The van der Waals surface area contributed by atoms with Crippen molar-refractivity contribution in [3.8, 4) is 0 Å². The topological polar surface area (TPSA) is 40.5 Å². The SMILES string of the molecule is CN1CCC1(C)C(=O)O.Cl. The van der Waals surface area contributed by atoms with Gasteiger partial charge in [-0.3, -0.25) is 9.69 Å². The number of rotatable bonds is 1. The Bertz CT molecular complexity index is 151. The summed E-state index contributed by atoms with van der Waals surface area (Å²) in [5.74, 6) is -0.712. The Hall–Kier alpha value is -0.280. The van der Waals surface area contributed by atoms with E-state index < -0.39 is 11.5 Å². The van der Waals surface area contributed by atoms with Gasteiger partial charge >= 0.3 is 5.97 Å². The van der Waals surface area contributed by atoms with Gasteiger partial charge < -0.3 is 5.11 Å². The summed E-state index contributed by atoms with van der Waals surface area (Å²) < 4.78 is 0. The lowest BCUT2D eigenvalue weighted by Crippen LogP contribution is -2.60. The van der Waals surface area contributed by atoms with Crippen LogP contribution in [0.1, 0.15) is 13.3 Å². The third-order valence-electron chi connectivity index (χ3n) is 2.24. The summed E-state index contributed by atoms with van der Waals surface area (Å²) in [7, 11) is 1.83. The summed E-state index contributed by atoms with van der Waals surface area (Å²) in [5, 5.41) is 8.62. The molecular weight excluding hydrogens is 154 g/mol. The first-order valence-electron chi connectivity index (χ1n) is 3.02. The predicted molar refractivity (Wildman–Crippen MR) is 40.5 cm³/mol. The Kier molecular flexibility index (Phi) is 2.68. The summed E-state index contributed by atoms with van der Waals surface area (Å²) in [6, 6.07) is 0. The van der Waals surface area contributed by atoms with Crippen molar-refractivity contribution in [2.45, 2.75) is 18.9 Å². The van der Waals surface area contributed by atoms with Gasteiger partial charge in [0.1, 0.15) is 5.54 Å². The molecule has 1 heterocycles. The Morgan fingerprint density at radius 2 is 2.20 bits per heavy atom. The van der Waals surface area contributed by atoms with Crippen molar-refractivity contribution >= 4 is 18.4 Å². The molecule has 1 aliphatic rings. The zero-order chi connectivity index (χ0) is 7.07. The number of hydrogen-bond acceptors (Lipinski definition) is 2. The fourth-order valence-electron chi connectivity index (χ4n) is 0.941. The first kappa shape index (κ1) is 9.72. The molecule has 0 aromatic rings. The molecule has 0 amide bonds. The normalized spacial score (nSPS) is 32.2. The highest BCUT2D eigenvalue weighted by atomic mass is 35.5. The quantitative estimate of drug-likeness (QED) is 0.618. The second-order valence-electron chi connectivity index (χ2n) is 2.75. The Labute approximate surface area is 66.4 Å². The fourth-order valence-corrected chi connectivity index (χ4v) is 0.941. The molecule has 0 spiro atoms. The highest BCUT2D eigenvalue weighted by molar-refractivity contribution is 5.85. The van der Waals surface area contributed by atoms with Crippen molar-refractivity contribution in [3.63, 3.8) is 0 Å². The smallest absolute Gasteiger partial charge is 0.323 e. The van der Waals surface area contributed by atoms with Crippen LogP contribution in [0, 0.1) is 0 Å². The highest BCUT2D eigenvalue weighted by Gasteiger charge is 2.44. The highest BCUT2D eigenvalue weighted by Crippen LogP contribution is 2.27. The summed E-state index contributed by atoms with van der Waals surface area (Å²) in [6.07, 6.45) is 0.777. The molecule has 1 fully saturated rings. The lowest BCUT2D eigenvalue weighted by atomic mass is 9.88. The predicted octanol–water partition coefficient (Wildman–Crippen LogP) is 0.587. The second-order valence-corrected chi connectivity index (χ2v) is 2.75. The van der Waals surface area contributed by atoms with Gasteiger partial charge in [-0.1, -0.05) is 0 Å². The van der Waals surface area contributed by atoms with Gasteiger partial charge in [-0.15, -0.1) is 12.4 Å². The van der Waals surface area contributed by atoms with E-state index in [1.54, 1.807) is 6.92 Å². The molecule has 1 N–H and O–H groups in total. The minimum atomic E-state index is -0.712. The molecule has 1 unspecified atom stereocenters. The minimum absolute atomic E-state index is 0. The molecule has 0 aromatic heterocycles. The molecule has 0 bridgehead atoms. The first-order valence-corrected chi connectivity index (χ1v) is 3.02. The Morgan fingerprint density at radius 3 is 2.20 bits per heavy atom. The zero-order valence-corrected chi connectivity index (χ0v) is 6.94. The third kappa shape index (κ3) is 1.11. The maximum absolute atomic E-state index is 10.5. The van der Waals surface area contributed by atoms with Crippen molar-refractivity contribution in [1.29, 1.82) is 0 Å². The number of carboxylic acids is 1. The Balaban J connectivity index is 0.000000810. The molecule has 0 aliphatic carbocycles. The van der Waals surface area contributed by atoms with Gasteiger partial charge in [0, 0.05) is 6.54 Å². The maximum Gasteiger partial charge on any atom is 0.323 e. The van der Waals surface area contributed by atoms with Crippen LogP contribution in [0.15, 0.2) is 0 Å². The summed E-state index contributed by atoms with van der Waals surface area (Å²) in [5.41, 5.74) is -0.569. The van der Waals surface area contributed by atoms with Crippen molar-refractivity contribution in [2.75, 3.05) is 13.6 Å². The van der Waals surface area contributed by atoms with Gasteiger partial charge in [0.25, 0.3) is 0 Å². The van der Waals surface area contributed by atoms with Gasteiger partial charge in [0.15, 0.2) is 0 Å². The van der Waals surface area contributed by atoms with Crippen molar-refractivity contribution in [3.05, 3.63) is 0 Å². The molecule has 0 aromatic carbocycles. The van der Waals surface area contributed by atoms with Gasteiger partial charge in [-0.2, -0.15) is 0 Å². The number of halogens is 1. The van der Waals surface area contributed by atoms with Crippen molar-refractivity contribution in [1.82, 2.24) is 4.90 Å². The molecule has 3 nitrogen and oxygen atoms in total. The molecular formula is C6H12ClNO2. The van der Waals surface area contributed by atoms with Gasteiger partial charge in [-0.05, 0) is 20.4 Å². The van der Waals surface area contributed by atoms with Crippen molar-refractivity contribution < 1.29 is 9.90 Å². The lowest BCUT2D eigenvalue weighted by Gasteiger charge is -2.44. The van der Waals surface area contributed by atoms with E-state index in [0.29, 0.717) is 0 Å². The number of hydrogen-bond donors (Lipinski definition) is 1. The van der Waals surface area contributed by atoms with Crippen LogP contribution < -0.4 is 0 Å². The van der Waals surface area contributed by atoms with Crippen LogP contribution in [-0.2, 0) is 4.79 Å². The van der Waals surface area contributed by atoms with Crippen LogP contribution in [-0.4, -0.2) is 35.1 Å². The number of likely N-dealkylation sites (tertiary alicyclic amines) is 1. The molecule has 0 radical (unpaired) electrons. The standard InChI is InChI=1S/C6H11NO2.ClH/c1-6(5(8)9)3-4-7(6)2;/h3-4H2,1-2H3,(H,8,9);1H. The number of likely N-dealkylation sites (N-methyl/N-ethyl adjacent to an activating group) is 1. The van der Waals surface area contributed by atoms with E-state index in [4.69, 9.17) is 5.11 Å². The van der Waals surface area contributed by atoms with Gasteiger partial charge in [-0.25, -0.2) is 0 Å². The minimum Gasteiger partial charge on any atom is -0.480 e. The van der Waals surface area contributed by atoms with E-state index in [1.165, 1.54) is 0 Å². The number of aliphatic carboxylic acids is 1. The molecule has 1 saturated heterocycles. The van der Waals surface area contributed by atoms with Crippen LogP contribution >= 0.6 is 12.4 Å². The number of carboxylic acid groups (broad SMARTS) is 1. The largest absolute Gasteiger partial charge is 0.480 e. The monoisotopic (exact) mass is 165 g/mol. The van der Waals surface area contributed by atoms with Crippen LogP contribution in [0.4, 0.5) is 0 Å². The van der Waals surface area contributed by atoms with E-state index in [-0.39, 0.29) is 12.4 Å². The lowest BCUT2D eigenvalue weighted by molar-refractivity contribution is -0.157. The number of carbonyl (C=O) groups is 1. The van der Waals surface area contributed by atoms with Crippen LogP contribution in [0.25, 0.3) is 0 Å². The van der Waals surface area contributed by atoms with Gasteiger partial charge in [0.05, 0.1) is 0 Å². The molecule has 1 aliphatic heterocycles. The van der Waals surface area contributed by atoms with E-state index in [0.717, 1.165) is 13.0 Å². The van der Waals surface area contributed by atoms with Crippen LogP contribution in [0.2, 0.25) is 0 Å². The molecule has 60 valence electrons. The second kappa shape index (κ2) is 2.76. The van der Waals surface area contributed by atoms with E-state index in [9.17, 15) is 4.79 Å². The number of nitrogens with zero attached hydrogens (tertiary/aromatic N) is 1. The van der Waals surface area contributed by atoms with Gasteiger partial charge in [0.2, 0.25) is 0 Å². The molecule has 10 heavy (non-hydrogen) atoms. The van der Waals surface area contributed by atoms with Crippen molar-refractivity contribution in [2.24, 2.45) is 0 Å². The summed E-state index contributed by atoms with van der Waals surface area (Å²) >= 11 is 0. The molecule has 0 saturated carbocycles. The van der Waals surface area contributed by atoms with E-state index in [1.807, 2.05) is 11.9 Å². The van der Waals surface area contributed by atoms with E-state index in [2.05, 4.69) is 0 Å². The first-order chi connectivity index (χ1) is 4.07. The zero-order valence-electron chi connectivity index (χ0n) is 6.13. The van der Waals surface area contributed by atoms with Crippen LogP contribution in [0.3, 0.4) is 0 Å². The molecule has 1 rings (SSSR count). The fraction of sp³-hybridized carbons (Fsp3) is 0.833. The average Bonchev–Trinajstić information content (AvgIpc) is 1.82. The molecule has 1 atom stereocenters. The third-order valence-corrected chi connectivity index (χ3v) is 2.24. The Morgan fingerprint density at radius 1 is 1.70 bits per heavy atom. The summed E-state index contributed by atoms with van der Waals surface area (Å²) in [6.45, 7) is 2.65. The summed E-state index contributed by atoms with van der Waals surface area (Å²) in [4.78, 5) is 12.3. The average molecular weight is 166 g/mol. The van der Waals surface area contributed by atoms with Crippen LogP contribution in [0.5, 0.6) is 0 Å².